The van der Waals surface area contributed by atoms with Crippen molar-refractivity contribution in [2.24, 2.45) is 0 Å². The number of nitrogens with zero attached hydrogens (tertiary/aromatic N) is 2. The van der Waals surface area contributed by atoms with Crippen molar-refractivity contribution >= 4 is 5.69 Å². The number of anilines is 1. The third kappa shape index (κ3) is 2.18. The van der Waals surface area contributed by atoms with E-state index < -0.39 is 11.7 Å². The van der Waals surface area contributed by atoms with Crippen LogP contribution in [0.1, 0.15) is 18.3 Å². The lowest BCUT2D eigenvalue weighted by Crippen LogP contribution is -2.08. The van der Waals surface area contributed by atoms with Crippen LogP contribution in [0.15, 0.2) is 30.6 Å². The molecule has 0 atom stereocenters. The standard InChI is InChI=1S/C12H12F3N3/c1-2-11-17-5-6-18(11)10-4-3-8(7-9(10)16)12(13,14)15/h3-7H,2,16H2,1H3. The van der Waals surface area contributed by atoms with Crippen LogP contribution in [-0.2, 0) is 12.6 Å². The van der Waals surface area contributed by atoms with Crippen LogP contribution in [0.3, 0.4) is 0 Å². The molecule has 3 nitrogen and oxygen atoms in total. The molecule has 0 aliphatic heterocycles. The molecule has 0 radical (unpaired) electrons. The van der Waals surface area contributed by atoms with Crippen LogP contribution < -0.4 is 5.73 Å². The van der Waals surface area contributed by atoms with Crippen LogP contribution in [0.5, 0.6) is 0 Å². The molecule has 1 aromatic heterocycles. The van der Waals surface area contributed by atoms with E-state index in [-0.39, 0.29) is 5.69 Å². The number of hydrogen-bond acceptors (Lipinski definition) is 2. The van der Waals surface area contributed by atoms with Crippen molar-refractivity contribution in [1.82, 2.24) is 9.55 Å². The van der Waals surface area contributed by atoms with E-state index in [4.69, 9.17) is 5.73 Å². The first kappa shape index (κ1) is 12.5. The summed E-state index contributed by atoms with van der Waals surface area (Å²) in [5.74, 6) is 0.751. The van der Waals surface area contributed by atoms with Gasteiger partial charge in [0.1, 0.15) is 5.82 Å². The molecule has 0 aliphatic carbocycles. The summed E-state index contributed by atoms with van der Waals surface area (Å²) in [6.45, 7) is 1.92. The van der Waals surface area contributed by atoms with Gasteiger partial charge in [-0.15, -0.1) is 0 Å². The molecule has 0 saturated heterocycles. The first-order valence-corrected chi connectivity index (χ1v) is 5.42. The van der Waals surface area contributed by atoms with E-state index in [2.05, 4.69) is 4.98 Å². The summed E-state index contributed by atoms with van der Waals surface area (Å²) in [6.07, 6.45) is -0.434. The van der Waals surface area contributed by atoms with Gasteiger partial charge in [-0.2, -0.15) is 13.2 Å². The smallest absolute Gasteiger partial charge is 0.397 e. The summed E-state index contributed by atoms with van der Waals surface area (Å²) in [4.78, 5) is 4.11. The minimum absolute atomic E-state index is 0.0810. The zero-order chi connectivity index (χ0) is 13.3. The Hall–Kier alpha value is -1.98. The number of imidazole rings is 1. The maximum Gasteiger partial charge on any atom is 0.416 e. The van der Waals surface area contributed by atoms with Gasteiger partial charge in [-0.25, -0.2) is 4.98 Å². The van der Waals surface area contributed by atoms with E-state index in [1.165, 1.54) is 6.07 Å². The number of nitrogens with two attached hydrogens (primary N) is 1. The molecule has 0 aliphatic rings. The van der Waals surface area contributed by atoms with Crippen LogP contribution in [0.4, 0.5) is 18.9 Å². The third-order valence-corrected chi connectivity index (χ3v) is 2.65. The average Bonchev–Trinajstić information content (AvgIpc) is 2.75. The van der Waals surface area contributed by atoms with Crippen molar-refractivity contribution in [2.45, 2.75) is 19.5 Å². The largest absolute Gasteiger partial charge is 0.416 e. The Balaban J connectivity index is 2.48. The van der Waals surface area contributed by atoms with Crippen molar-refractivity contribution in [3.63, 3.8) is 0 Å². The predicted molar refractivity (Wildman–Crippen MR) is 62.4 cm³/mol. The van der Waals surface area contributed by atoms with E-state index in [0.29, 0.717) is 12.1 Å². The van der Waals surface area contributed by atoms with Crippen LogP contribution in [-0.4, -0.2) is 9.55 Å². The Labute approximate surface area is 102 Å². The monoisotopic (exact) mass is 255 g/mol. The normalized spacial score (nSPS) is 11.8. The molecule has 0 unspecified atom stereocenters. The molecule has 0 spiro atoms. The highest BCUT2D eigenvalue weighted by atomic mass is 19.4. The Morgan fingerprint density at radius 2 is 2.06 bits per heavy atom. The van der Waals surface area contributed by atoms with Gasteiger partial charge in [0.25, 0.3) is 0 Å². The number of aromatic nitrogens is 2. The van der Waals surface area contributed by atoms with Crippen LogP contribution in [0.25, 0.3) is 5.69 Å². The van der Waals surface area contributed by atoms with Gasteiger partial charge in [-0.1, -0.05) is 6.92 Å². The lowest BCUT2D eigenvalue weighted by Gasteiger charge is -2.12. The van der Waals surface area contributed by atoms with Gasteiger partial charge >= 0.3 is 6.18 Å². The first-order chi connectivity index (χ1) is 8.43. The summed E-state index contributed by atoms with van der Waals surface area (Å²) >= 11 is 0. The Morgan fingerprint density at radius 3 is 2.61 bits per heavy atom. The van der Waals surface area contributed by atoms with Crippen molar-refractivity contribution < 1.29 is 13.2 Å². The van der Waals surface area contributed by atoms with Gasteiger partial charge in [0, 0.05) is 18.8 Å². The molecule has 2 aromatic rings. The average molecular weight is 255 g/mol. The molecule has 2 rings (SSSR count). The Kier molecular flexibility index (Phi) is 3.02. The lowest BCUT2D eigenvalue weighted by molar-refractivity contribution is -0.137. The van der Waals surface area contributed by atoms with Crippen LogP contribution in [0.2, 0.25) is 0 Å². The number of halogens is 3. The summed E-state index contributed by atoms with van der Waals surface area (Å²) < 4.78 is 39.2. The molecule has 96 valence electrons. The van der Waals surface area contributed by atoms with Gasteiger partial charge < -0.3 is 10.3 Å². The highest BCUT2D eigenvalue weighted by Gasteiger charge is 2.30. The molecular formula is C12H12F3N3. The fraction of sp³-hybridized carbons (Fsp3) is 0.250. The lowest BCUT2D eigenvalue weighted by atomic mass is 10.1. The second kappa shape index (κ2) is 4.36. The summed E-state index contributed by atoms with van der Waals surface area (Å²) in [5.41, 5.74) is 5.53. The molecule has 2 N–H and O–H groups in total. The molecule has 1 heterocycles. The Bertz CT molecular complexity index is 558. The van der Waals surface area contributed by atoms with Gasteiger partial charge in [-0.05, 0) is 18.2 Å². The molecule has 0 bridgehead atoms. The number of aryl methyl sites for hydroxylation is 1. The number of nitrogen functional groups attached to an aromatic ring is 1. The zero-order valence-electron chi connectivity index (χ0n) is 9.70. The summed E-state index contributed by atoms with van der Waals surface area (Å²) in [6, 6.07) is 3.32. The highest BCUT2D eigenvalue weighted by Crippen LogP contribution is 2.32. The maximum absolute atomic E-state index is 12.5. The van der Waals surface area contributed by atoms with Crippen molar-refractivity contribution in [3.8, 4) is 5.69 Å². The third-order valence-electron chi connectivity index (χ3n) is 2.65. The number of alkyl halides is 3. The maximum atomic E-state index is 12.5. The number of hydrogen-bond donors (Lipinski definition) is 1. The van der Waals surface area contributed by atoms with Gasteiger partial charge in [0.05, 0.1) is 16.9 Å². The molecule has 1 aromatic carbocycles. The topological polar surface area (TPSA) is 43.8 Å². The quantitative estimate of drug-likeness (QED) is 0.838. The molecule has 18 heavy (non-hydrogen) atoms. The summed E-state index contributed by atoms with van der Waals surface area (Å²) in [5, 5.41) is 0. The van der Waals surface area contributed by atoms with E-state index in [0.717, 1.165) is 18.0 Å². The van der Waals surface area contributed by atoms with E-state index >= 15 is 0 Å². The second-order valence-electron chi connectivity index (χ2n) is 3.84. The van der Waals surface area contributed by atoms with Crippen molar-refractivity contribution in [2.75, 3.05) is 5.73 Å². The van der Waals surface area contributed by atoms with Gasteiger partial charge in [-0.3, -0.25) is 0 Å². The molecule has 0 fully saturated rings. The van der Waals surface area contributed by atoms with E-state index in [9.17, 15) is 13.2 Å². The SMILES string of the molecule is CCc1nccn1-c1ccc(C(F)(F)F)cc1N. The fourth-order valence-electron chi connectivity index (χ4n) is 1.77. The number of rotatable bonds is 2. The van der Waals surface area contributed by atoms with Crippen molar-refractivity contribution in [1.29, 1.82) is 0 Å². The minimum Gasteiger partial charge on any atom is -0.397 e. The van der Waals surface area contributed by atoms with E-state index in [1.54, 1.807) is 17.0 Å². The highest BCUT2D eigenvalue weighted by molar-refractivity contribution is 5.60. The first-order valence-electron chi connectivity index (χ1n) is 5.42. The molecule has 0 amide bonds. The van der Waals surface area contributed by atoms with Crippen molar-refractivity contribution in [3.05, 3.63) is 42.0 Å². The summed E-state index contributed by atoms with van der Waals surface area (Å²) in [7, 11) is 0. The van der Waals surface area contributed by atoms with Crippen LogP contribution >= 0.6 is 0 Å². The van der Waals surface area contributed by atoms with E-state index in [1.807, 2.05) is 6.92 Å². The molecular weight excluding hydrogens is 243 g/mol. The fourth-order valence-corrected chi connectivity index (χ4v) is 1.77. The van der Waals surface area contributed by atoms with Gasteiger partial charge in [0.2, 0.25) is 0 Å². The minimum atomic E-state index is -4.38. The Morgan fingerprint density at radius 1 is 1.33 bits per heavy atom. The number of benzene rings is 1. The molecule has 6 heteroatoms. The predicted octanol–water partition coefficient (Wildman–Crippen LogP) is 3.04. The van der Waals surface area contributed by atoms with Crippen LogP contribution in [0, 0.1) is 0 Å². The zero-order valence-corrected chi connectivity index (χ0v) is 9.70. The molecule has 0 saturated carbocycles. The second-order valence-corrected chi connectivity index (χ2v) is 3.84. The van der Waals surface area contributed by atoms with Gasteiger partial charge in [0.15, 0.2) is 0 Å².